The van der Waals surface area contributed by atoms with Gasteiger partial charge >= 0.3 is 0 Å². The van der Waals surface area contributed by atoms with Gasteiger partial charge in [0.25, 0.3) is 0 Å². The fourth-order valence-corrected chi connectivity index (χ4v) is 2.03. The van der Waals surface area contributed by atoms with Crippen molar-refractivity contribution in [3.05, 3.63) is 61.8 Å². The van der Waals surface area contributed by atoms with E-state index in [1.54, 1.807) is 0 Å². The monoisotopic (exact) mass is 286 g/mol. The van der Waals surface area contributed by atoms with Crippen molar-refractivity contribution >= 4 is 0 Å². The van der Waals surface area contributed by atoms with E-state index in [9.17, 15) is 0 Å². The Morgan fingerprint density at radius 2 is 0.810 bits per heavy atom. The molecule has 0 heteroatoms. The van der Waals surface area contributed by atoms with Crippen molar-refractivity contribution in [1.29, 1.82) is 0 Å². The predicted molar refractivity (Wildman–Crippen MR) is 98.6 cm³/mol. The van der Waals surface area contributed by atoms with E-state index in [0.29, 0.717) is 0 Å². The minimum atomic E-state index is 1.08. The zero-order valence-electron chi connectivity index (χ0n) is 13.8. The lowest BCUT2D eigenvalue weighted by Crippen LogP contribution is -1.74. The standard InChI is InChI=1S/C21H34/c1-3-5-7-9-11-13-15-17-19-21-20-18-16-14-12-10-8-6-4-2/h3-4,11-14,17,19H,1-2,5-10,15-16,18,20-21H2/b13-11+,14-12+,19-17+. The Morgan fingerprint density at radius 3 is 1.24 bits per heavy atom. The van der Waals surface area contributed by atoms with Crippen molar-refractivity contribution in [3.63, 3.8) is 0 Å². The zero-order valence-corrected chi connectivity index (χ0v) is 13.8. The van der Waals surface area contributed by atoms with Crippen molar-refractivity contribution in [1.82, 2.24) is 0 Å². The fourth-order valence-electron chi connectivity index (χ4n) is 2.03. The highest BCUT2D eigenvalue weighted by Crippen LogP contribution is 2.04. The molecule has 0 rings (SSSR count). The second kappa shape index (κ2) is 18.7. The summed E-state index contributed by atoms with van der Waals surface area (Å²) >= 11 is 0. The number of allylic oxidation sites excluding steroid dienone is 8. The van der Waals surface area contributed by atoms with Gasteiger partial charge in [0, 0.05) is 0 Å². The molecule has 0 aromatic heterocycles. The molecule has 0 aliphatic rings. The van der Waals surface area contributed by atoms with Gasteiger partial charge in [0.2, 0.25) is 0 Å². The molecule has 0 aliphatic carbocycles. The maximum absolute atomic E-state index is 3.73. The van der Waals surface area contributed by atoms with Gasteiger partial charge in [0.1, 0.15) is 0 Å². The third-order valence-corrected chi connectivity index (χ3v) is 3.32. The summed E-state index contributed by atoms with van der Waals surface area (Å²) in [4.78, 5) is 0. The van der Waals surface area contributed by atoms with Crippen molar-refractivity contribution in [2.24, 2.45) is 0 Å². The quantitative estimate of drug-likeness (QED) is 0.218. The van der Waals surface area contributed by atoms with E-state index in [-0.39, 0.29) is 0 Å². The lowest BCUT2D eigenvalue weighted by Gasteiger charge is -1.94. The van der Waals surface area contributed by atoms with Crippen LogP contribution in [0.5, 0.6) is 0 Å². The number of hydrogen-bond acceptors (Lipinski definition) is 0. The van der Waals surface area contributed by atoms with Crippen LogP contribution in [0, 0.1) is 0 Å². The minimum Gasteiger partial charge on any atom is -0.103 e. The summed E-state index contributed by atoms with van der Waals surface area (Å²) < 4.78 is 0. The van der Waals surface area contributed by atoms with Crippen LogP contribution in [0.15, 0.2) is 61.8 Å². The number of unbranched alkanes of at least 4 members (excludes halogenated alkanes) is 7. The Labute approximate surface area is 133 Å². The summed E-state index contributed by atoms with van der Waals surface area (Å²) in [6.45, 7) is 7.46. The molecule has 0 saturated carbocycles. The van der Waals surface area contributed by atoms with Crippen molar-refractivity contribution in [2.45, 2.75) is 70.6 Å². The summed E-state index contributed by atoms with van der Waals surface area (Å²) in [5, 5.41) is 0. The van der Waals surface area contributed by atoms with Gasteiger partial charge in [-0.3, -0.25) is 0 Å². The van der Waals surface area contributed by atoms with E-state index >= 15 is 0 Å². The van der Waals surface area contributed by atoms with Gasteiger partial charge in [-0.25, -0.2) is 0 Å². The maximum atomic E-state index is 3.73. The molecular weight excluding hydrogens is 252 g/mol. The largest absolute Gasteiger partial charge is 0.103 e. The summed E-state index contributed by atoms with van der Waals surface area (Å²) in [7, 11) is 0. The van der Waals surface area contributed by atoms with E-state index in [1.807, 2.05) is 12.2 Å². The topological polar surface area (TPSA) is 0 Å². The van der Waals surface area contributed by atoms with Crippen LogP contribution in [0.25, 0.3) is 0 Å². The normalized spacial score (nSPS) is 11.8. The van der Waals surface area contributed by atoms with Crippen LogP contribution in [-0.2, 0) is 0 Å². The molecule has 118 valence electrons. The Morgan fingerprint density at radius 1 is 0.429 bits per heavy atom. The van der Waals surface area contributed by atoms with Crippen LogP contribution < -0.4 is 0 Å². The van der Waals surface area contributed by atoms with Crippen molar-refractivity contribution in [2.75, 3.05) is 0 Å². The average Bonchev–Trinajstić information content (AvgIpc) is 2.50. The number of hydrogen-bond donors (Lipinski definition) is 0. The van der Waals surface area contributed by atoms with Crippen molar-refractivity contribution < 1.29 is 0 Å². The Bertz CT molecular complexity index is 304. The second-order valence-corrected chi connectivity index (χ2v) is 5.37. The SMILES string of the molecule is C=CCCC/C=C/C/C=C/CCCC/C=C/CCCC=C. The summed E-state index contributed by atoms with van der Waals surface area (Å²) in [5.41, 5.74) is 0. The summed E-state index contributed by atoms with van der Waals surface area (Å²) in [6.07, 6.45) is 31.0. The predicted octanol–water partition coefficient (Wildman–Crippen LogP) is 7.32. The molecular formula is C21H34. The highest BCUT2D eigenvalue weighted by atomic mass is 13.9. The van der Waals surface area contributed by atoms with Gasteiger partial charge in [-0.1, -0.05) is 48.6 Å². The third-order valence-electron chi connectivity index (χ3n) is 3.32. The molecule has 0 unspecified atom stereocenters. The Balaban J connectivity index is 3.24. The van der Waals surface area contributed by atoms with Crippen LogP contribution in [0.1, 0.15) is 70.6 Å². The van der Waals surface area contributed by atoms with Gasteiger partial charge in [0.05, 0.1) is 0 Å². The van der Waals surface area contributed by atoms with Crippen LogP contribution in [0.3, 0.4) is 0 Å². The Kier molecular flexibility index (Phi) is 17.5. The molecule has 21 heavy (non-hydrogen) atoms. The molecule has 0 aromatic rings. The molecule has 0 heterocycles. The highest BCUT2D eigenvalue weighted by Gasteiger charge is 1.84. The van der Waals surface area contributed by atoms with Gasteiger partial charge < -0.3 is 0 Å². The molecule has 0 bridgehead atoms. The lowest BCUT2D eigenvalue weighted by atomic mass is 10.1. The van der Waals surface area contributed by atoms with E-state index in [4.69, 9.17) is 0 Å². The van der Waals surface area contributed by atoms with E-state index in [1.165, 1.54) is 51.4 Å². The molecule has 0 saturated heterocycles. The second-order valence-electron chi connectivity index (χ2n) is 5.37. The molecule has 0 nitrogen and oxygen atoms in total. The highest BCUT2D eigenvalue weighted by molar-refractivity contribution is 4.93. The first-order chi connectivity index (χ1) is 10.4. The molecule has 0 N–H and O–H groups in total. The molecule has 0 atom stereocenters. The first-order valence-corrected chi connectivity index (χ1v) is 8.58. The summed E-state index contributed by atoms with van der Waals surface area (Å²) in [5.74, 6) is 0. The van der Waals surface area contributed by atoms with Crippen LogP contribution >= 0.6 is 0 Å². The minimum absolute atomic E-state index is 1.08. The molecule has 0 aliphatic heterocycles. The molecule has 0 amide bonds. The molecule has 0 aromatic carbocycles. The van der Waals surface area contributed by atoms with Gasteiger partial charge in [0.15, 0.2) is 0 Å². The van der Waals surface area contributed by atoms with Crippen molar-refractivity contribution in [3.8, 4) is 0 Å². The van der Waals surface area contributed by atoms with Gasteiger partial charge in [-0.2, -0.15) is 0 Å². The molecule has 0 spiro atoms. The smallest absolute Gasteiger partial charge is 0.0169 e. The lowest BCUT2D eigenvalue weighted by molar-refractivity contribution is 0.757. The van der Waals surface area contributed by atoms with Crippen LogP contribution in [0.4, 0.5) is 0 Å². The van der Waals surface area contributed by atoms with E-state index in [2.05, 4.69) is 49.6 Å². The first-order valence-electron chi connectivity index (χ1n) is 8.58. The molecule has 0 fully saturated rings. The van der Waals surface area contributed by atoms with Gasteiger partial charge in [-0.05, 0) is 70.6 Å². The zero-order chi connectivity index (χ0) is 15.4. The molecule has 0 radical (unpaired) electrons. The number of rotatable bonds is 15. The third kappa shape index (κ3) is 18.7. The Hall–Kier alpha value is -1.30. The van der Waals surface area contributed by atoms with Crippen LogP contribution in [0.2, 0.25) is 0 Å². The van der Waals surface area contributed by atoms with Crippen LogP contribution in [-0.4, -0.2) is 0 Å². The summed E-state index contributed by atoms with van der Waals surface area (Å²) in [6, 6.07) is 0. The average molecular weight is 287 g/mol. The van der Waals surface area contributed by atoms with E-state index < -0.39 is 0 Å². The van der Waals surface area contributed by atoms with E-state index in [0.717, 1.165) is 19.3 Å². The van der Waals surface area contributed by atoms with Gasteiger partial charge in [-0.15, -0.1) is 13.2 Å². The fraction of sp³-hybridized carbons (Fsp3) is 0.524. The first kappa shape index (κ1) is 19.7. The maximum Gasteiger partial charge on any atom is -0.0169 e.